The third-order valence-electron chi connectivity index (χ3n) is 4.63. The molecule has 1 unspecified atom stereocenters. The van der Waals surface area contributed by atoms with Crippen molar-refractivity contribution in [3.05, 3.63) is 41.2 Å². The van der Waals surface area contributed by atoms with Crippen molar-refractivity contribution in [2.24, 2.45) is 5.16 Å². The maximum atomic E-state index is 13.2. The first kappa shape index (κ1) is 23.5. The highest BCUT2D eigenvalue weighted by molar-refractivity contribution is 7.85. The van der Waals surface area contributed by atoms with E-state index >= 15 is 0 Å². The number of hydrogen-bond acceptors (Lipinski definition) is 8. The molecule has 1 saturated carbocycles. The van der Waals surface area contributed by atoms with Crippen LogP contribution in [0.5, 0.6) is 0 Å². The highest BCUT2D eigenvalue weighted by Crippen LogP contribution is 2.23. The molecule has 3 rings (SSSR count). The second-order valence-corrected chi connectivity index (χ2v) is 9.53. The smallest absolute Gasteiger partial charge is 0.280 e. The lowest BCUT2D eigenvalue weighted by atomic mass is 10.1. The summed E-state index contributed by atoms with van der Waals surface area (Å²) in [6, 6.07) is 6.61. The Bertz CT molecular complexity index is 935. The molecule has 3 atom stereocenters. The third kappa shape index (κ3) is 6.89. The van der Waals surface area contributed by atoms with Crippen LogP contribution >= 0.6 is 11.3 Å². The fraction of sp³-hybridized carbons (Fsp3) is 0.450. The summed E-state index contributed by atoms with van der Waals surface area (Å²) >= 11 is 0.699. The van der Waals surface area contributed by atoms with E-state index in [0.29, 0.717) is 59.8 Å². The van der Waals surface area contributed by atoms with Gasteiger partial charge in [-0.15, -0.1) is 0 Å². The predicted molar refractivity (Wildman–Crippen MR) is 116 cm³/mol. The number of nitrogens with zero attached hydrogens (tertiary/aromatic N) is 2. The number of aliphatic hydroxyl groups excluding tert-OH is 1. The van der Waals surface area contributed by atoms with Gasteiger partial charge in [0.05, 0.1) is 23.1 Å². The van der Waals surface area contributed by atoms with E-state index in [0.717, 1.165) is 6.20 Å². The monoisotopic (exact) mass is 469 g/mol. The van der Waals surface area contributed by atoms with E-state index in [1.54, 1.807) is 31.4 Å². The van der Waals surface area contributed by atoms with E-state index in [2.05, 4.69) is 15.5 Å². The molecule has 8 nitrogen and oxygen atoms in total. The lowest BCUT2D eigenvalue weighted by Crippen LogP contribution is -2.25. The van der Waals surface area contributed by atoms with Gasteiger partial charge in [-0.3, -0.25) is 14.3 Å². The van der Waals surface area contributed by atoms with Crippen molar-refractivity contribution in [1.82, 2.24) is 4.98 Å². The van der Waals surface area contributed by atoms with Crippen molar-refractivity contribution in [3.8, 4) is 0 Å². The first-order valence-corrected chi connectivity index (χ1v) is 11.9. The molecule has 0 spiro atoms. The number of oxime groups is 1. The van der Waals surface area contributed by atoms with Gasteiger partial charge in [-0.25, -0.2) is 4.98 Å². The van der Waals surface area contributed by atoms with Crippen LogP contribution in [0.3, 0.4) is 0 Å². The number of benzene rings is 1. The number of amides is 1. The van der Waals surface area contributed by atoms with Crippen LogP contribution < -0.4 is 5.32 Å². The maximum Gasteiger partial charge on any atom is 0.280 e. The molecule has 1 aromatic heterocycles. The Balaban J connectivity index is 1.76. The summed E-state index contributed by atoms with van der Waals surface area (Å²) in [6.07, 6.45) is 2.65. The number of aliphatic hydroxyl groups is 1. The van der Waals surface area contributed by atoms with Crippen molar-refractivity contribution in [2.45, 2.75) is 42.8 Å². The van der Waals surface area contributed by atoms with E-state index in [4.69, 9.17) is 9.57 Å². The SMILES string of the molecule is COCCCS(=O)c1ccc(/C(=N\O[C@@H]2CC[C@@H](O)C2)C(=O)Nc2ncc(F)s2)cc1. The summed E-state index contributed by atoms with van der Waals surface area (Å²) in [4.78, 5) is 22.7. The van der Waals surface area contributed by atoms with Crippen LogP contribution in [0.4, 0.5) is 9.52 Å². The molecule has 2 aromatic rings. The topological polar surface area (TPSA) is 110 Å². The Hall–Kier alpha value is -2.21. The summed E-state index contributed by atoms with van der Waals surface area (Å²) in [6.45, 7) is 0.533. The lowest BCUT2D eigenvalue weighted by Gasteiger charge is -2.11. The Morgan fingerprint density at radius 1 is 1.39 bits per heavy atom. The van der Waals surface area contributed by atoms with Gasteiger partial charge in [0.1, 0.15) is 6.10 Å². The number of nitrogens with one attached hydrogen (secondary N) is 1. The Labute approximate surface area is 185 Å². The number of carbonyl (C=O) groups excluding carboxylic acids is 1. The van der Waals surface area contributed by atoms with Gasteiger partial charge >= 0.3 is 0 Å². The van der Waals surface area contributed by atoms with Gasteiger partial charge < -0.3 is 14.7 Å². The van der Waals surface area contributed by atoms with E-state index in [9.17, 15) is 18.5 Å². The second kappa shape index (κ2) is 11.4. The number of carbonyl (C=O) groups is 1. The molecular formula is C20H24FN3O5S2. The standard InChI is InChI=1S/C20H24FN3O5S2/c1-28-9-2-10-31(27)16-7-3-13(4-8-16)18(24-29-15-6-5-14(25)11-15)19(26)23-20-22-12-17(21)30-20/h3-4,7-8,12,14-15,25H,2,5-6,9-11H2,1H3,(H,22,23,26)/b24-18+/t14-,15-,31?/m1/s1. The molecule has 1 fully saturated rings. The Morgan fingerprint density at radius 2 is 2.16 bits per heavy atom. The summed E-state index contributed by atoms with van der Waals surface area (Å²) in [5.74, 6) is -0.140. The minimum atomic E-state index is -1.18. The number of rotatable bonds is 10. The molecule has 0 bridgehead atoms. The molecule has 1 aliphatic carbocycles. The highest BCUT2D eigenvalue weighted by Gasteiger charge is 2.25. The fourth-order valence-corrected chi connectivity index (χ4v) is 4.65. The van der Waals surface area contributed by atoms with Gasteiger partial charge in [0.25, 0.3) is 5.91 Å². The molecule has 168 valence electrons. The number of hydrogen-bond donors (Lipinski definition) is 2. The molecule has 31 heavy (non-hydrogen) atoms. The largest absolute Gasteiger partial charge is 0.393 e. The molecule has 2 N–H and O–H groups in total. The third-order valence-corrected chi connectivity index (χ3v) is 6.79. The summed E-state index contributed by atoms with van der Waals surface area (Å²) in [7, 11) is 0.410. The zero-order valence-corrected chi connectivity index (χ0v) is 18.6. The number of thiazole rings is 1. The quantitative estimate of drug-likeness (QED) is 0.315. The molecule has 0 saturated heterocycles. The molecule has 0 radical (unpaired) electrons. The Kier molecular flexibility index (Phi) is 8.64. The number of methoxy groups -OCH3 is 1. The molecule has 11 heteroatoms. The van der Waals surface area contributed by atoms with Gasteiger partial charge in [-0.05, 0) is 31.4 Å². The van der Waals surface area contributed by atoms with Crippen molar-refractivity contribution in [1.29, 1.82) is 0 Å². The minimum absolute atomic E-state index is 0.0197. The van der Waals surface area contributed by atoms with E-state index < -0.39 is 27.9 Å². The van der Waals surface area contributed by atoms with Gasteiger partial charge in [0.15, 0.2) is 16.0 Å². The molecule has 1 amide bonds. The van der Waals surface area contributed by atoms with Gasteiger partial charge in [0.2, 0.25) is 0 Å². The van der Waals surface area contributed by atoms with Gasteiger partial charge in [-0.1, -0.05) is 28.6 Å². The van der Waals surface area contributed by atoms with Gasteiger partial charge in [0, 0.05) is 36.3 Å². The zero-order valence-electron chi connectivity index (χ0n) is 17.0. The van der Waals surface area contributed by atoms with Crippen LogP contribution in [0.15, 0.2) is 40.5 Å². The zero-order chi connectivity index (χ0) is 22.2. The van der Waals surface area contributed by atoms with Crippen molar-refractivity contribution >= 4 is 38.9 Å². The summed E-state index contributed by atoms with van der Waals surface area (Å²) in [5.41, 5.74) is 0.430. The van der Waals surface area contributed by atoms with E-state index in [1.807, 2.05) is 0 Å². The number of anilines is 1. The molecular weight excluding hydrogens is 445 g/mol. The number of halogens is 1. The van der Waals surface area contributed by atoms with E-state index in [-0.39, 0.29) is 16.9 Å². The predicted octanol–water partition coefficient (Wildman–Crippen LogP) is 2.70. The highest BCUT2D eigenvalue weighted by atomic mass is 32.2. The molecule has 0 aliphatic heterocycles. The van der Waals surface area contributed by atoms with Crippen LogP contribution in [0.1, 0.15) is 31.2 Å². The van der Waals surface area contributed by atoms with Crippen LogP contribution in [-0.4, -0.2) is 57.6 Å². The first-order valence-electron chi connectivity index (χ1n) is 9.78. The van der Waals surface area contributed by atoms with Crippen molar-refractivity contribution < 1.29 is 28.1 Å². The average Bonchev–Trinajstić information content (AvgIpc) is 3.36. The normalized spacial score (nSPS) is 19.9. The maximum absolute atomic E-state index is 13.2. The van der Waals surface area contributed by atoms with Crippen LogP contribution in [-0.2, 0) is 25.2 Å². The molecule has 1 aromatic carbocycles. The number of aromatic nitrogens is 1. The van der Waals surface area contributed by atoms with Crippen molar-refractivity contribution in [3.63, 3.8) is 0 Å². The summed E-state index contributed by atoms with van der Waals surface area (Å²) < 4.78 is 30.6. The number of ether oxygens (including phenoxy) is 1. The Morgan fingerprint density at radius 3 is 2.77 bits per heavy atom. The molecule has 1 heterocycles. The van der Waals surface area contributed by atoms with Crippen LogP contribution in [0, 0.1) is 5.13 Å². The van der Waals surface area contributed by atoms with E-state index in [1.165, 1.54) is 0 Å². The van der Waals surface area contributed by atoms with Crippen molar-refractivity contribution in [2.75, 3.05) is 24.8 Å². The molecule has 1 aliphatic rings. The average molecular weight is 470 g/mol. The van der Waals surface area contributed by atoms with Gasteiger partial charge in [-0.2, -0.15) is 4.39 Å². The lowest BCUT2D eigenvalue weighted by molar-refractivity contribution is -0.110. The van der Waals surface area contributed by atoms with Crippen LogP contribution in [0.25, 0.3) is 0 Å². The fourth-order valence-electron chi connectivity index (χ4n) is 3.05. The minimum Gasteiger partial charge on any atom is -0.393 e. The summed E-state index contributed by atoms with van der Waals surface area (Å²) in [5, 5.41) is 15.8. The second-order valence-electron chi connectivity index (χ2n) is 6.98. The first-order chi connectivity index (χ1) is 15.0. The van der Waals surface area contributed by atoms with Crippen LogP contribution in [0.2, 0.25) is 0 Å².